The summed E-state index contributed by atoms with van der Waals surface area (Å²) in [6, 6.07) is -0.610. The summed E-state index contributed by atoms with van der Waals surface area (Å²) in [7, 11) is 1.71. The van der Waals surface area contributed by atoms with Crippen LogP contribution in [0.3, 0.4) is 0 Å². The number of thioether (sulfide) groups is 2. The Labute approximate surface area is 127 Å². The van der Waals surface area contributed by atoms with Crippen LogP contribution in [0.2, 0.25) is 0 Å². The number of aromatic nitrogens is 4. The Morgan fingerprint density at radius 3 is 3.00 bits per heavy atom. The van der Waals surface area contributed by atoms with Gasteiger partial charge in [0.2, 0.25) is 11.1 Å². The Hall–Kier alpha value is -1.59. The summed E-state index contributed by atoms with van der Waals surface area (Å²) in [5.74, 6) is -0.504. The number of fused-ring (bicyclic) bond motifs is 1. The molecule has 2 atom stereocenters. The van der Waals surface area contributed by atoms with Gasteiger partial charge in [0, 0.05) is 18.6 Å². The predicted molar refractivity (Wildman–Crippen MR) is 75.3 cm³/mol. The van der Waals surface area contributed by atoms with Crippen molar-refractivity contribution >= 4 is 35.4 Å². The molecule has 0 aliphatic carbocycles. The molecule has 1 saturated heterocycles. The number of carboxylic acids is 1. The first-order valence-electron chi connectivity index (χ1n) is 6.01. The molecular weight excluding hydrogens is 316 g/mol. The summed E-state index contributed by atoms with van der Waals surface area (Å²) in [4.78, 5) is 24.6. The summed E-state index contributed by atoms with van der Waals surface area (Å²) in [5, 5.41) is 20.8. The molecule has 0 spiro atoms. The second-order valence-corrected chi connectivity index (χ2v) is 6.61. The van der Waals surface area contributed by atoms with Crippen LogP contribution in [0.15, 0.2) is 16.4 Å². The topological polar surface area (TPSA) is 127 Å². The molecule has 2 unspecified atom stereocenters. The van der Waals surface area contributed by atoms with Gasteiger partial charge in [-0.05, 0) is 16.0 Å². The summed E-state index contributed by atoms with van der Waals surface area (Å²) >= 11 is 2.82. The fraction of sp³-hybridized carbons (Fsp3) is 0.500. The van der Waals surface area contributed by atoms with E-state index in [1.807, 2.05) is 0 Å². The fourth-order valence-electron chi connectivity index (χ4n) is 2.19. The number of β-lactam (4-membered cyclic amide) rings is 1. The Morgan fingerprint density at radius 2 is 2.38 bits per heavy atom. The maximum atomic E-state index is 11.8. The lowest BCUT2D eigenvalue weighted by molar-refractivity contribution is -0.147. The average molecular weight is 328 g/mol. The first-order chi connectivity index (χ1) is 10.0. The van der Waals surface area contributed by atoms with Crippen LogP contribution in [0.4, 0.5) is 0 Å². The highest BCUT2D eigenvalue weighted by molar-refractivity contribution is 8.01. The molecular formula is C10H12N6O3S2. The molecule has 0 saturated carbocycles. The third kappa shape index (κ3) is 2.30. The number of aliphatic carboxylic acids is 1. The zero-order valence-electron chi connectivity index (χ0n) is 11.0. The van der Waals surface area contributed by atoms with E-state index in [1.165, 1.54) is 33.1 Å². The normalized spacial score (nSPS) is 24.9. The van der Waals surface area contributed by atoms with Crippen molar-refractivity contribution in [2.24, 2.45) is 12.8 Å². The number of nitrogens with two attached hydrogens (primary N) is 1. The van der Waals surface area contributed by atoms with Crippen molar-refractivity contribution in [3.8, 4) is 0 Å². The SMILES string of the molecule is Cn1nnnc1SCC1=C(C(=O)O)N2C(=O)C(N)C2SC1. The third-order valence-electron chi connectivity index (χ3n) is 3.25. The smallest absolute Gasteiger partial charge is 0.352 e. The Morgan fingerprint density at radius 1 is 1.62 bits per heavy atom. The first kappa shape index (κ1) is 14.4. The van der Waals surface area contributed by atoms with Crippen LogP contribution in [0, 0.1) is 0 Å². The van der Waals surface area contributed by atoms with Crippen molar-refractivity contribution in [1.82, 2.24) is 25.1 Å². The van der Waals surface area contributed by atoms with Gasteiger partial charge < -0.3 is 10.8 Å². The number of hydrogen-bond donors (Lipinski definition) is 2. The lowest BCUT2D eigenvalue weighted by Gasteiger charge is -2.48. The Balaban J connectivity index is 1.83. The number of carbonyl (C=O) groups excluding carboxylic acids is 1. The molecule has 9 nitrogen and oxygen atoms in total. The van der Waals surface area contributed by atoms with E-state index in [0.29, 0.717) is 22.2 Å². The lowest BCUT2D eigenvalue weighted by Crippen LogP contribution is -2.68. The molecule has 0 aromatic carbocycles. The van der Waals surface area contributed by atoms with Crippen molar-refractivity contribution in [2.75, 3.05) is 11.5 Å². The largest absolute Gasteiger partial charge is 0.477 e. The van der Waals surface area contributed by atoms with Crippen molar-refractivity contribution in [2.45, 2.75) is 16.6 Å². The third-order valence-corrected chi connectivity index (χ3v) is 5.71. The quantitative estimate of drug-likeness (QED) is 0.522. The Bertz CT molecular complexity index is 644. The molecule has 21 heavy (non-hydrogen) atoms. The van der Waals surface area contributed by atoms with Crippen LogP contribution in [0.1, 0.15) is 0 Å². The van der Waals surface area contributed by atoms with Crippen LogP contribution in [0.5, 0.6) is 0 Å². The summed E-state index contributed by atoms with van der Waals surface area (Å²) < 4.78 is 1.51. The molecule has 0 radical (unpaired) electrons. The van der Waals surface area contributed by atoms with E-state index in [4.69, 9.17) is 5.73 Å². The van der Waals surface area contributed by atoms with Gasteiger partial charge in [-0.1, -0.05) is 11.8 Å². The number of aryl methyl sites for hydroxylation is 1. The lowest BCUT2D eigenvalue weighted by atomic mass is 10.0. The molecule has 2 aliphatic heterocycles. The van der Waals surface area contributed by atoms with Gasteiger partial charge in [0.25, 0.3) is 0 Å². The number of nitrogens with zero attached hydrogens (tertiary/aromatic N) is 5. The van der Waals surface area contributed by atoms with E-state index < -0.39 is 12.0 Å². The van der Waals surface area contributed by atoms with Gasteiger partial charge in [-0.15, -0.1) is 16.9 Å². The summed E-state index contributed by atoms with van der Waals surface area (Å²) in [6.45, 7) is 0. The minimum absolute atomic E-state index is 0.0491. The number of tetrazole rings is 1. The maximum absolute atomic E-state index is 11.8. The second kappa shape index (κ2) is 5.31. The average Bonchev–Trinajstić information content (AvgIpc) is 2.88. The van der Waals surface area contributed by atoms with Gasteiger partial charge >= 0.3 is 5.97 Å². The van der Waals surface area contributed by atoms with Gasteiger partial charge in [-0.2, -0.15) is 0 Å². The highest BCUT2D eigenvalue weighted by Crippen LogP contribution is 2.40. The van der Waals surface area contributed by atoms with Crippen LogP contribution < -0.4 is 5.73 Å². The van der Waals surface area contributed by atoms with Crippen molar-refractivity contribution in [3.63, 3.8) is 0 Å². The first-order valence-corrected chi connectivity index (χ1v) is 8.05. The minimum atomic E-state index is -1.10. The minimum Gasteiger partial charge on any atom is -0.477 e. The van der Waals surface area contributed by atoms with E-state index >= 15 is 0 Å². The number of rotatable bonds is 4. The highest BCUT2D eigenvalue weighted by atomic mass is 32.2. The van der Waals surface area contributed by atoms with Crippen molar-refractivity contribution in [1.29, 1.82) is 0 Å². The standard InChI is InChI=1S/C10H12N6O3S2/c1-15-10(12-13-14-15)21-3-4-2-20-8-5(11)7(17)16(8)6(4)9(18)19/h5,8H,2-3,11H2,1H3,(H,18,19). The van der Waals surface area contributed by atoms with Gasteiger partial charge in [-0.3, -0.25) is 9.69 Å². The maximum Gasteiger partial charge on any atom is 0.352 e. The monoisotopic (exact) mass is 328 g/mol. The van der Waals surface area contributed by atoms with E-state index in [1.54, 1.807) is 7.05 Å². The molecule has 2 aliphatic rings. The molecule has 1 amide bonds. The highest BCUT2D eigenvalue weighted by Gasteiger charge is 2.51. The van der Waals surface area contributed by atoms with E-state index in [9.17, 15) is 14.7 Å². The van der Waals surface area contributed by atoms with Crippen molar-refractivity contribution in [3.05, 3.63) is 11.3 Å². The van der Waals surface area contributed by atoms with Crippen LogP contribution in [-0.2, 0) is 16.6 Å². The van der Waals surface area contributed by atoms with Gasteiger partial charge in [0.15, 0.2) is 0 Å². The molecule has 3 heterocycles. The van der Waals surface area contributed by atoms with E-state index in [2.05, 4.69) is 15.5 Å². The van der Waals surface area contributed by atoms with E-state index in [0.717, 1.165) is 0 Å². The van der Waals surface area contributed by atoms with Gasteiger partial charge in [-0.25, -0.2) is 9.48 Å². The molecule has 0 bridgehead atoms. The fourth-order valence-corrected chi connectivity index (χ4v) is 4.47. The zero-order valence-corrected chi connectivity index (χ0v) is 12.6. The van der Waals surface area contributed by atoms with Gasteiger partial charge in [0.05, 0.1) is 0 Å². The molecule has 1 aromatic heterocycles. The number of carboxylic acid groups (broad SMARTS) is 1. The summed E-state index contributed by atoms with van der Waals surface area (Å²) in [6.07, 6.45) is 0. The van der Waals surface area contributed by atoms with Crippen molar-refractivity contribution < 1.29 is 14.7 Å². The summed E-state index contributed by atoms with van der Waals surface area (Å²) in [5.41, 5.74) is 6.42. The zero-order chi connectivity index (χ0) is 15.1. The number of hydrogen-bond acceptors (Lipinski definition) is 8. The van der Waals surface area contributed by atoms with E-state index in [-0.39, 0.29) is 17.0 Å². The number of carbonyl (C=O) groups is 2. The molecule has 1 fully saturated rings. The molecule has 11 heteroatoms. The van der Waals surface area contributed by atoms with Gasteiger partial charge in [0.1, 0.15) is 17.1 Å². The molecule has 3 N–H and O–H groups in total. The number of amides is 1. The van der Waals surface area contributed by atoms with Crippen LogP contribution >= 0.6 is 23.5 Å². The Kier molecular flexibility index (Phi) is 3.63. The van der Waals surface area contributed by atoms with Crippen LogP contribution in [0.25, 0.3) is 0 Å². The second-order valence-electron chi connectivity index (χ2n) is 4.57. The molecule has 112 valence electrons. The molecule has 1 aromatic rings. The van der Waals surface area contributed by atoms with Crippen LogP contribution in [-0.4, -0.2) is 65.0 Å². The molecule has 3 rings (SSSR count). The predicted octanol–water partition coefficient (Wildman–Crippen LogP) is -1.12.